The molecule has 3 rings (SSSR count). The number of carbonyl (C=O) groups is 1. The molecule has 0 spiro atoms. The van der Waals surface area contributed by atoms with Crippen molar-refractivity contribution >= 4 is 11.6 Å². The molecule has 1 aliphatic heterocycles. The van der Waals surface area contributed by atoms with Gasteiger partial charge in [0.15, 0.2) is 0 Å². The first-order valence-electron chi connectivity index (χ1n) is 8.48. The van der Waals surface area contributed by atoms with Crippen molar-refractivity contribution in [2.24, 2.45) is 5.92 Å². The highest BCUT2D eigenvalue weighted by molar-refractivity contribution is 6.04. The van der Waals surface area contributed by atoms with Crippen LogP contribution < -0.4 is 5.32 Å². The van der Waals surface area contributed by atoms with Gasteiger partial charge in [-0.25, -0.2) is 4.39 Å². The average Bonchev–Trinajstić information content (AvgIpc) is 2.59. The van der Waals surface area contributed by atoms with Gasteiger partial charge in [-0.15, -0.1) is 0 Å². The van der Waals surface area contributed by atoms with Crippen molar-refractivity contribution in [3.8, 4) is 0 Å². The molecule has 2 aromatic carbocycles. The molecule has 0 atom stereocenters. The molecule has 126 valence electrons. The number of anilines is 1. The molecule has 2 aromatic rings. The summed E-state index contributed by atoms with van der Waals surface area (Å²) in [5.74, 6) is 0.265. The number of hydrogen-bond acceptors (Lipinski definition) is 2. The monoisotopic (exact) mass is 326 g/mol. The molecule has 0 unspecified atom stereocenters. The van der Waals surface area contributed by atoms with E-state index in [-0.39, 0.29) is 11.7 Å². The Labute approximate surface area is 142 Å². The number of benzene rings is 2. The Kier molecular flexibility index (Phi) is 5.26. The van der Waals surface area contributed by atoms with E-state index in [0.29, 0.717) is 5.56 Å². The molecular weight excluding hydrogens is 303 g/mol. The Hall–Kier alpha value is -2.20. The fourth-order valence-corrected chi connectivity index (χ4v) is 2.98. The van der Waals surface area contributed by atoms with Crippen LogP contribution in [0.4, 0.5) is 10.1 Å². The van der Waals surface area contributed by atoms with Crippen LogP contribution in [0.5, 0.6) is 0 Å². The van der Waals surface area contributed by atoms with E-state index in [4.69, 9.17) is 0 Å². The van der Waals surface area contributed by atoms with Crippen molar-refractivity contribution in [3.05, 3.63) is 65.5 Å². The van der Waals surface area contributed by atoms with Crippen molar-refractivity contribution in [2.45, 2.75) is 26.3 Å². The number of amides is 1. The predicted octanol–water partition coefficient (Wildman–Crippen LogP) is 4.31. The zero-order valence-corrected chi connectivity index (χ0v) is 14.0. The van der Waals surface area contributed by atoms with E-state index in [0.717, 1.165) is 31.2 Å². The van der Waals surface area contributed by atoms with Gasteiger partial charge in [0.25, 0.3) is 5.91 Å². The molecule has 1 amide bonds. The van der Waals surface area contributed by atoms with Gasteiger partial charge in [0.2, 0.25) is 0 Å². The Morgan fingerprint density at radius 1 is 1.08 bits per heavy atom. The van der Waals surface area contributed by atoms with Crippen LogP contribution in [0.1, 0.15) is 35.7 Å². The van der Waals surface area contributed by atoms with E-state index in [1.54, 1.807) is 0 Å². The number of piperidine rings is 1. The minimum atomic E-state index is -0.344. The second-order valence-electron chi connectivity index (χ2n) is 6.62. The predicted molar refractivity (Wildman–Crippen MR) is 94.5 cm³/mol. The van der Waals surface area contributed by atoms with E-state index in [9.17, 15) is 9.18 Å². The second-order valence-corrected chi connectivity index (χ2v) is 6.62. The molecule has 1 heterocycles. The number of hydrogen-bond donors (Lipinski definition) is 1. The van der Waals surface area contributed by atoms with Crippen LogP contribution in [0.2, 0.25) is 0 Å². The minimum absolute atomic E-state index is 0.229. The molecule has 1 aliphatic rings. The maximum Gasteiger partial charge on any atom is 0.255 e. The van der Waals surface area contributed by atoms with Crippen LogP contribution in [0.15, 0.2) is 48.5 Å². The van der Waals surface area contributed by atoms with E-state index in [1.807, 2.05) is 12.1 Å². The summed E-state index contributed by atoms with van der Waals surface area (Å²) in [6, 6.07) is 13.5. The Bertz CT molecular complexity index is 674. The number of rotatable bonds is 4. The molecule has 1 N–H and O–H groups in total. The lowest BCUT2D eigenvalue weighted by molar-refractivity contribution is 0.102. The smallest absolute Gasteiger partial charge is 0.255 e. The second kappa shape index (κ2) is 7.58. The maximum absolute atomic E-state index is 12.9. The van der Waals surface area contributed by atoms with Gasteiger partial charge >= 0.3 is 0 Å². The molecular formula is C20H23FN2O. The number of nitrogens with one attached hydrogen (secondary N) is 1. The van der Waals surface area contributed by atoms with Crippen LogP contribution >= 0.6 is 0 Å². The average molecular weight is 326 g/mol. The molecule has 0 radical (unpaired) electrons. The third-order valence-electron chi connectivity index (χ3n) is 4.60. The summed E-state index contributed by atoms with van der Waals surface area (Å²) in [4.78, 5) is 14.6. The SMILES string of the molecule is CC1CCN(Cc2ccc(NC(=O)c3ccc(F)cc3)cc2)CC1. The number of halogens is 1. The van der Waals surface area contributed by atoms with Crippen LogP contribution in [0, 0.1) is 11.7 Å². The quantitative estimate of drug-likeness (QED) is 0.908. The van der Waals surface area contributed by atoms with Gasteiger partial charge in [0.1, 0.15) is 5.82 Å². The van der Waals surface area contributed by atoms with Gasteiger partial charge in [-0.3, -0.25) is 9.69 Å². The Balaban J connectivity index is 1.56. The first kappa shape index (κ1) is 16.7. The van der Waals surface area contributed by atoms with Crippen molar-refractivity contribution in [2.75, 3.05) is 18.4 Å². The summed E-state index contributed by atoms with van der Waals surface area (Å²) < 4.78 is 12.9. The van der Waals surface area contributed by atoms with Gasteiger partial charge < -0.3 is 5.32 Å². The van der Waals surface area contributed by atoms with Crippen LogP contribution in [-0.4, -0.2) is 23.9 Å². The number of likely N-dealkylation sites (tertiary alicyclic amines) is 1. The van der Waals surface area contributed by atoms with Gasteiger partial charge in [-0.1, -0.05) is 19.1 Å². The van der Waals surface area contributed by atoms with Gasteiger partial charge in [-0.05, 0) is 73.8 Å². The van der Waals surface area contributed by atoms with Crippen molar-refractivity contribution in [1.82, 2.24) is 4.90 Å². The first-order valence-corrected chi connectivity index (χ1v) is 8.48. The fraction of sp³-hybridized carbons (Fsp3) is 0.350. The zero-order valence-electron chi connectivity index (χ0n) is 14.0. The van der Waals surface area contributed by atoms with E-state index in [2.05, 4.69) is 29.3 Å². The molecule has 1 saturated heterocycles. The summed E-state index contributed by atoms with van der Waals surface area (Å²) in [5.41, 5.74) is 2.45. The summed E-state index contributed by atoms with van der Waals surface area (Å²) >= 11 is 0. The van der Waals surface area contributed by atoms with E-state index >= 15 is 0 Å². The Morgan fingerprint density at radius 2 is 1.71 bits per heavy atom. The Morgan fingerprint density at radius 3 is 2.33 bits per heavy atom. The highest BCUT2D eigenvalue weighted by Gasteiger charge is 2.15. The van der Waals surface area contributed by atoms with Crippen LogP contribution in [0.3, 0.4) is 0 Å². The standard InChI is InChI=1S/C20H23FN2O/c1-15-10-12-23(13-11-15)14-16-2-8-19(9-3-16)22-20(24)17-4-6-18(21)7-5-17/h2-9,15H,10-14H2,1H3,(H,22,24). The first-order chi connectivity index (χ1) is 11.6. The zero-order chi connectivity index (χ0) is 16.9. The van der Waals surface area contributed by atoms with Gasteiger partial charge in [-0.2, -0.15) is 0 Å². The molecule has 0 aromatic heterocycles. The van der Waals surface area contributed by atoms with E-state index < -0.39 is 0 Å². The lowest BCUT2D eigenvalue weighted by Gasteiger charge is -2.30. The number of nitrogens with zero attached hydrogens (tertiary/aromatic N) is 1. The third kappa shape index (κ3) is 4.42. The topological polar surface area (TPSA) is 32.3 Å². The third-order valence-corrected chi connectivity index (χ3v) is 4.60. The molecule has 0 aliphatic carbocycles. The normalized spacial score (nSPS) is 16.1. The van der Waals surface area contributed by atoms with Crippen molar-refractivity contribution in [1.29, 1.82) is 0 Å². The van der Waals surface area contributed by atoms with Crippen LogP contribution in [-0.2, 0) is 6.54 Å². The van der Waals surface area contributed by atoms with E-state index in [1.165, 1.54) is 42.7 Å². The van der Waals surface area contributed by atoms with Gasteiger partial charge in [0, 0.05) is 17.8 Å². The van der Waals surface area contributed by atoms with Crippen molar-refractivity contribution in [3.63, 3.8) is 0 Å². The highest BCUT2D eigenvalue weighted by Crippen LogP contribution is 2.19. The fourth-order valence-electron chi connectivity index (χ4n) is 2.98. The summed E-state index contributed by atoms with van der Waals surface area (Å²) in [5, 5.41) is 2.84. The van der Waals surface area contributed by atoms with Crippen molar-refractivity contribution < 1.29 is 9.18 Å². The summed E-state index contributed by atoms with van der Waals surface area (Å²) in [7, 11) is 0. The molecule has 0 saturated carbocycles. The maximum atomic E-state index is 12.9. The molecule has 3 nitrogen and oxygen atoms in total. The minimum Gasteiger partial charge on any atom is -0.322 e. The lowest BCUT2D eigenvalue weighted by atomic mass is 9.99. The van der Waals surface area contributed by atoms with Crippen LogP contribution in [0.25, 0.3) is 0 Å². The highest BCUT2D eigenvalue weighted by atomic mass is 19.1. The summed E-state index contributed by atoms with van der Waals surface area (Å²) in [6.45, 7) is 5.59. The molecule has 1 fully saturated rings. The lowest BCUT2D eigenvalue weighted by Crippen LogP contribution is -2.32. The largest absolute Gasteiger partial charge is 0.322 e. The number of carbonyl (C=O) groups excluding carboxylic acids is 1. The molecule has 0 bridgehead atoms. The van der Waals surface area contributed by atoms with Gasteiger partial charge in [0.05, 0.1) is 0 Å². The summed E-state index contributed by atoms with van der Waals surface area (Å²) in [6.07, 6.45) is 2.54. The molecule has 4 heteroatoms. The molecule has 24 heavy (non-hydrogen) atoms.